The Kier molecular flexibility index (Phi) is 5.08. The zero-order valence-corrected chi connectivity index (χ0v) is 10.4. The molecule has 6 heteroatoms. The van der Waals surface area contributed by atoms with Gasteiger partial charge in [-0.3, -0.25) is 10.1 Å². The van der Waals surface area contributed by atoms with Crippen LogP contribution in [0.3, 0.4) is 0 Å². The number of rotatable bonds is 6. The van der Waals surface area contributed by atoms with E-state index in [1.807, 2.05) is 17.9 Å². The van der Waals surface area contributed by atoms with E-state index in [-0.39, 0.29) is 5.69 Å². The number of nitro groups is 1. The van der Waals surface area contributed by atoms with Crippen LogP contribution in [0.1, 0.15) is 12.5 Å². The van der Waals surface area contributed by atoms with Gasteiger partial charge in [-0.2, -0.15) is 5.26 Å². The van der Waals surface area contributed by atoms with Crippen LogP contribution in [0.2, 0.25) is 0 Å². The van der Waals surface area contributed by atoms with Crippen molar-refractivity contribution in [3.05, 3.63) is 33.9 Å². The molecule has 96 valence electrons. The third kappa shape index (κ3) is 3.18. The second-order valence-electron chi connectivity index (χ2n) is 3.64. The minimum Gasteiger partial charge on any atom is -0.383 e. The number of benzene rings is 1. The van der Waals surface area contributed by atoms with Gasteiger partial charge in [0.2, 0.25) is 0 Å². The van der Waals surface area contributed by atoms with Crippen LogP contribution in [0.4, 0.5) is 11.4 Å². The SMILES string of the molecule is CCN(CCOC)c1ccc([N+](=O)[O-])cc1C#N. The fourth-order valence-electron chi connectivity index (χ4n) is 1.65. The van der Waals surface area contributed by atoms with E-state index in [1.165, 1.54) is 12.1 Å². The summed E-state index contributed by atoms with van der Waals surface area (Å²) in [6.07, 6.45) is 0. The molecule has 0 spiro atoms. The highest BCUT2D eigenvalue weighted by molar-refractivity contribution is 5.62. The third-order valence-corrected chi connectivity index (χ3v) is 2.60. The Bertz CT molecular complexity index is 468. The van der Waals surface area contributed by atoms with Crippen LogP contribution in [-0.4, -0.2) is 31.7 Å². The number of nitrogens with zero attached hydrogens (tertiary/aromatic N) is 3. The largest absolute Gasteiger partial charge is 0.383 e. The van der Waals surface area contributed by atoms with Crippen molar-refractivity contribution in [3.8, 4) is 6.07 Å². The molecule has 0 fully saturated rings. The number of likely N-dealkylation sites (N-methyl/N-ethyl adjacent to an activating group) is 1. The molecule has 6 nitrogen and oxygen atoms in total. The number of nitro benzene ring substituents is 1. The summed E-state index contributed by atoms with van der Waals surface area (Å²) < 4.78 is 5.00. The maximum absolute atomic E-state index is 10.7. The maximum atomic E-state index is 10.7. The average molecular weight is 249 g/mol. The minimum atomic E-state index is -0.504. The third-order valence-electron chi connectivity index (χ3n) is 2.60. The summed E-state index contributed by atoms with van der Waals surface area (Å²) in [5, 5.41) is 19.7. The summed E-state index contributed by atoms with van der Waals surface area (Å²) in [4.78, 5) is 12.1. The summed E-state index contributed by atoms with van der Waals surface area (Å²) in [5.74, 6) is 0. The van der Waals surface area contributed by atoms with Crippen molar-refractivity contribution in [2.75, 3.05) is 31.7 Å². The molecule has 0 N–H and O–H groups in total. The highest BCUT2D eigenvalue weighted by Crippen LogP contribution is 2.24. The highest BCUT2D eigenvalue weighted by atomic mass is 16.6. The number of ether oxygens (including phenoxy) is 1. The molecular formula is C12H15N3O3. The number of methoxy groups -OCH3 is 1. The van der Waals surface area contributed by atoms with E-state index in [0.717, 1.165) is 0 Å². The molecule has 1 aromatic carbocycles. The number of anilines is 1. The topological polar surface area (TPSA) is 79.4 Å². The van der Waals surface area contributed by atoms with Crippen LogP contribution in [0.25, 0.3) is 0 Å². The van der Waals surface area contributed by atoms with E-state index < -0.39 is 4.92 Å². The molecular weight excluding hydrogens is 234 g/mol. The molecule has 0 amide bonds. The molecule has 1 aromatic rings. The van der Waals surface area contributed by atoms with Gasteiger partial charge in [-0.15, -0.1) is 0 Å². The van der Waals surface area contributed by atoms with Gasteiger partial charge < -0.3 is 9.64 Å². The molecule has 1 rings (SSSR count). The predicted molar refractivity (Wildman–Crippen MR) is 67.6 cm³/mol. The van der Waals surface area contributed by atoms with E-state index in [4.69, 9.17) is 10.00 Å². The Balaban J connectivity index is 3.07. The van der Waals surface area contributed by atoms with Gasteiger partial charge >= 0.3 is 0 Å². The first-order valence-corrected chi connectivity index (χ1v) is 5.56. The molecule has 0 aliphatic heterocycles. The molecule has 0 saturated carbocycles. The lowest BCUT2D eigenvalue weighted by atomic mass is 10.1. The molecule has 0 heterocycles. The Morgan fingerprint density at radius 1 is 1.56 bits per heavy atom. The normalized spacial score (nSPS) is 9.83. The molecule has 0 aliphatic carbocycles. The van der Waals surface area contributed by atoms with Crippen molar-refractivity contribution < 1.29 is 9.66 Å². The van der Waals surface area contributed by atoms with Gasteiger partial charge in [-0.1, -0.05) is 0 Å². The highest BCUT2D eigenvalue weighted by Gasteiger charge is 2.14. The van der Waals surface area contributed by atoms with Gasteiger partial charge in [-0.25, -0.2) is 0 Å². The van der Waals surface area contributed by atoms with Gasteiger partial charge in [0.1, 0.15) is 6.07 Å². The summed E-state index contributed by atoms with van der Waals surface area (Å²) in [5.41, 5.74) is 0.933. The van der Waals surface area contributed by atoms with E-state index in [1.54, 1.807) is 13.2 Å². The van der Waals surface area contributed by atoms with Crippen molar-refractivity contribution in [2.45, 2.75) is 6.92 Å². The standard InChI is InChI=1S/C12H15N3O3/c1-3-14(6-7-18-2)12-5-4-11(15(16)17)8-10(12)9-13/h4-5,8H,3,6-7H2,1-2H3. The summed E-state index contributed by atoms with van der Waals surface area (Å²) in [6, 6.07) is 6.31. The molecule has 0 unspecified atom stereocenters. The van der Waals surface area contributed by atoms with Crippen LogP contribution < -0.4 is 4.90 Å². The zero-order valence-electron chi connectivity index (χ0n) is 10.4. The van der Waals surface area contributed by atoms with E-state index in [2.05, 4.69) is 0 Å². The molecule has 18 heavy (non-hydrogen) atoms. The van der Waals surface area contributed by atoms with Crippen molar-refractivity contribution in [3.63, 3.8) is 0 Å². The second kappa shape index (κ2) is 6.57. The van der Waals surface area contributed by atoms with Gasteiger partial charge in [0, 0.05) is 32.3 Å². The summed E-state index contributed by atoms with van der Waals surface area (Å²) >= 11 is 0. The van der Waals surface area contributed by atoms with E-state index in [0.29, 0.717) is 30.9 Å². The number of nitriles is 1. The van der Waals surface area contributed by atoms with Crippen molar-refractivity contribution in [2.24, 2.45) is 0 Å². The maximum Gasteiger partial charge on any atom is 0.270 e. The summed E-state index contributed by atoms with van der Waals surface area (Å²) in [6.45, 7) is 3.84. The van der Waals surface area contributed by atoms with E-state index in [9.17, 15) is 10.1 Å². The van der Waals surface area contributed by atoms with Crippen molar-refractivity contribution >= 4 is 11.4 Å². The molecule has 0 aliphatic rings. The van der Waals surface area contributed by atoms with Crippen molar-refractivity contribution in [1.29, 1.82) is 5.26 Å². The summed E-state index contributed by atoms with van der Waals surface area (Å²) in [7, 11) is 1.61. The van der Waals surface area contributed by atoms with Crippen LogP contribution in [0.5, 0.6) is 0 Å². The molecule has 0 atom stereocenters. The van der Waals surface area contributed by atoms with Crippen LogP contribution >= 0.6 is 0 Å². The minimum absolute atomic E-state index is 0.0712. The Morgan fingerprint density at radius 3 is 2.78 bits per heavy atom. The van der Waals surface area contributed by atoms with Crippen LogP contribution in [0.15, 0.2) is 18.2 Å². The average Bonchev–Trinajstić information content (AvgIpc) is 2.39. The van der Waals surface area contributed by atoms with E-state index >= 15 is 0 Å². The fraction of sp³-hybridized carbons (Fsp3) is 0.417. The van der Waals surface area contributed by atoms with Gasteiger partial charge in [0.05, 0.1) is 22.8 Å². The van der Waals surface area contributed by atoms with Gasteiger partial charge in [0.25, 0.3) is 5.69 Å². The lowest BCUT2D eigenvalue weighted by molar-refractivity contribution is -0.384. The van der Waals surface area contributed by atoms with Crippen LogP contribution in [-0.2, 0) is 4.74 Å². The Morgan fingerprint density at radius 2 is 2.28 bits per heavy atom. The quantitative estimate of drug-likeness (QED) is 0.568. The Labute approximate surface area is 106 Å². The lowest BCUT2D eigenvalue weighted by Crippen LogP contribution is -2.27. The van der Waals surface area contributed by atoms with Crippen LogP contribution in [0, 0.1) is 21.4 Å². The smallest absolute Gasteiger partial charge is 0.270 e. The first-order valence-electron chi connectivity index (χ1n) is 5.56. The van der Waals surface area contributed by atoms with Crippen molar-refractivity contribution in [1.82, 2.24) is 0 Å². The predicted octanol–water partition coefficient (Wildman–Crippen LogP) is 1.94. The monoisotopic (exact) mass is 249 g/mol. The fourth-order valence-corrected chi connectivity index (χ4v) is 1.65. The first-order chi connectivity index (χ1) is 8.63. The number of hydrogen-bond donors (Lipinski definition) is 0. The lowest BCUT2D eigenvalue weighted by Gasteiger charge is -2.23. The van der Waals surface area contributed by atoms with Gasteiger partial charge in [-0.05, 0) is 13.0 Å². The molecule has 0 radical (unpaired) electrons. The molecule has 0 saturated heterocycles. The molecule has 0 bridgehead atoms. The second-order valence-corrected chi connectivity index (χ2v) is 3.64. The zero-order chi connectivity index (χ0) is 13.5. The first kappa shape index (κ1) is 13.9. The number of non-ortho nitro benzene ring substituents is 1. The number of hydrogen-bond acceptors (Lipinski definition) is 5. The Hall–Kier alpha value is -2.13. The molecule has 0 aromatic heterocycles. The van der Waals surface area contributed by atoms with Gasteiger partial charge in [0.15, 0.2) is 0 Å².